The molecular weight excluding hydrogens is 300 g/mol. The Labute approximate surface area is 132 Å². The van der Waals surface area contributed by atoms with Crippen molar-refractivity contribution >= 4 is 11.9 Å². The molecule has 9 nitrogen and oxygen atoms in total. The van der Waals surface area contributed by atoms with E-state index in [0.717, 1.165) is 25.1 Å². The molecule has 1 unspecified atom stereocenters. The molecule has 2 aromatic rings. The van der Waals surface area contributed by atoms with E-state index >= 15 is 0 Å². The Kier molecular flexibility index (Phi) is 3.85. The van der Waals surface area contributed by atoms with E-state index < -0.39 is 5.97 Å². The van der Waals surface area contributed by atoms with Crippen LogP contribution in [0.15, 0.2) is 10.9 Å². The van der Waals surface area contributed by atoms with Crippen LogP contribution in [-0.4, -0.2) is 48.9 Å². The van der Waals surface area contributed by atoms with Crippen LogP contribution >= 0.6 is 0 Å². The number of anilines is 1. The number of nitrogens with zero attached hydrogens (tertiary/aromatic N) is 5. The molecule has 3 heterocycles. The van der Waals surface area contributed by atoms with Crippen molar-refractivity contribution in [1.29, 1.82) is 0 Å². The number of nitrogens with one attached hydrogen (secondary N) is 1. The molecule has 1 atom stereocenters. The van der Waals surface area contributed by atoms with Crippen molar-refractivity contribution in [1.82, 2.24) is 24.7 Å². The zero-order valence-corrected chi connectivity index (χ0v) is 13.0. The highest BCUT2D eigenvalue weighted by Gasteiger charge is 2.27. The van der Waals surface area contributed by atoms with Gasteiger partial charge in [0.2, 0.25) is 5.95 Å². The highest BCUT2D eigenvalue weighted by Crippen LogP contribution is 2.27. The number of H-pyrrole nitrogens is 1. The Morgan fingerprint density at radius 3 is 2.87 bits per heavy atom. The number of hydrogen-bond donors (Lipinski definition) is 2. The molecule has 23 heavy (non-hydrogen) atoms. The zero-order chi connectivity index (χ0) is 16.6. The van der Waals surface area contributed by atoms with Gasteiger partial charge < -0.3 is 15.0 Å². The molecule has 0 spiro atoms. The Balaban J connectivity index is 1.86. The van der Waals surface area contributed by atoms with Crippen LogP contribution in [0.4, 0.5) is 5.95 Å². The van der Waals surface area contributed by atoms with Gasteiger partial charge in [-0.05, 0) is 19.8 Å². The van der Waals surface area contributed by atoms with Gasteiger partial charge in [-0.1, -0.05) is 0 Å². The zero-order valence-electron chi connectivity index (χ0n) is 13.0. The molecule has 0 radical (unpaired) electrons. The van der Waals surface area contributed by atoms with Gasteiger partial charge in [-0.25, -0.2) is 14.5 Å². The second-order valence-electron chi connectivity index (χ2n) is 5.71. The van der Waals surface area contributed by atoms with E-state index in [2.05, 4.69) is 20.1 Å². The monoisotopic (exact) mass is 318 g/mol. The van der Waals surface area contributed by atoms with Gasteiger partial charge in [0.1, 0.15) is 5.82 Å². The summed E-state index contributed by atoms with van der Waals surface area (Å²) in [4.78, 5) is 35.8. The molecular formula is C14H18N6O3. The summed E-state index contributed by atoms with van der Waals surface area (Å²) in [5.74, 6) is -0.137. The van der Waals surface area contributed by atoms with Crippen LogP contribution in [0.3, 0.4) is 0 Å². The first-order valence-corrected chi connectivity index (χ1v) is 7.41. The average Bonchev–Trinajstić information content (AvgIpc) is 2.89. The summed E-state index contributed by atoms with van der Waals surface area (Å²) in [6.07, 6.45) is 1.84. The maximum absolute atomic E-state index is 11.6. The predicted octanol–water partition coefficient (Wildman–Crippen LogP) is 0.289. The molecule has 2 N–H and O–H groups in total. The van der Waals surface area contributed by atoms with E-state index in [-0.39, 0.29) is 17.3 Å². The molecule has 1 fully saturated rings. The van der Waals surface area contributed by atoms with Crippen LogP contribution in [-0.2, 0) is 7.05 Å². The molecule has 2 aromatic heterocycles. The van der Waals surface area contributed by atoms with Crippen LogP contribution in [0.2, 0.25) is 0 Å². The molecule has 0 aliphatic carbocycles. The van der Waals surface area contributed by atoms with E-state index in [1.54, 1.807) is 14.0 Å². The van der Waals surface area contributed by atoms with Crippen molar-refractivity contribution in [2.45, 2.75) is 25.7 Å². The number of hydrogen-bond acceptors (Lipinski definition) is 6. The first-order chi connectivity index (χ1) is 10.9. The third kappa shape index (κ3) is 3.08. The number of carboxylic acids is 1. The number of rotatable bonds is 3. The number of aryl methyl sites for hydroxylation is 2. The molecule has 122 valence electrons. The van der Waals surface area contributed by atoms with Crippen molar-refractivity contribution in [2.75, 3.05) is 18.0 Å². The Hall–Kier alpha value is -2.71. The third-order valence-corrected chi connectivity index (χ3v) is 3.93. The largest absolute Gasteiger partial charge is 0.475 e. The minimum atomic E-state index is -1.15. The van der Waals surface area contributed by atoms with Gasteiger partial charge in [0, 0.05) is 32.1 Å². The normalized spacial score (nSPS) is 18.2. The molecule has 9 heteroatoms. The second-order valence-corrected chi connectivity index (χ2v) is 5.71. The number of carbonyl (C=O) groups is 1. The number of aromatic carboxylic acids is 1. The van der Waals surface area contributed by atoms with Crippen molar-refractivity contribution in [2.24, 2.45) is 7.05 Å². The van der Waals surface area contributed by atoms with Gasteiger partial charge in [0.05, 0.1) is 5.69 Å². The van der Waals surface area contributed by atoms with Crippen molar-refractivity contribution in [3.63, 3.8) is 0 Å². The Morgan fingerprint density at radius 2 is 2.22 bits per heavy atom. The topological polar surface area (TPSA) is 117 Å². The standard InChI is InChI=1S/C14H18N6O3/c1-8-15-10(6-11(21)16-8)9-4-3-5-20(7-9)14-17-12(13(22)23)18-19(14)2/h6,9H,3-5,7H2,1-2H3,(H,22,23)(H,15,16,21). The van der Waals surface area contributed by atoms with Crippen molar-refractivity contribution in [3.05, 3.63) is 33.8 Å². The number of carboxylic acid groups (broad SMARTS) is 1. The molecule has 0 saturated carbocycles. The quantitative estimate of drug-likeness (QED) is 0.835. The molecule has 0 aromatic carbocycles. The lowest BCUT2D eigenvalue weighted by molar-refractivity contribution is 0.0683. The highest BCUT2D eigenvalue weighted by molar-refractivity contribution is 5.83. The van der Waals surface area contributed by atoms with Crippen LogP contribution in [0.25, 0.3) is 0 Å². The SMILES string of the molecule is Cc1nc(C2CCCN(c3nc(C(=O)O)nn3C)C2)cc(=O)[nH]1. The lowest BCUT2D eigenvalue weighted by Crippen LogP contribution is -2.36. The lowest BCUT2D eigenvalue weighted by atomic mass is 9.94. The van der Waals surface area contributed by atoms with Crippen molar-refractivity contribution < 1.29 is 9.90 Å². The summed E-state index contributed by atoms with van der Waals surface area (Å²) >= 11 is 0. The summed E-state index contributed by atoms with van der Waals surface area (Å²) in [6, 6.07) is 1.53. The summed E-state index contributed by atoms with van der Waals surface area (Å²) < 4.78 is 1.47. The predicted molar refractivity (Wildman–Crippen MR) is 81.7 cm³/mol. The summed E-state index contributed by atoms with van der Waals surface area (Å²) in [5.41, 5.74) is 0.605. The first kappa shape index (κ1) is 15.2. The fourth-order valence-corrected chi connectivity index (χ4v) is 2.95. The summed E-state index contributed by atoms with van der Waals surface area (Å²) in [7, 11) is 1.67. The second kappa shape index (κ2) is 5.82. The smallest absolute Gasteiger partial charge is 0.375 e. The lowest BCUT2D eigenvalue weighted by Gasteiger charge is -2.32. The Morgan fingerprint density at radius 1 is 1.43 bits per heavy atom. The average molecular weight is 318 g/mol. The minimum absolute atomic E-state index is 0.106. The molecule has 1 aliphatic rings. The number of piperidine rings is 1. The van der Waals surface area contributed by atoms with E-state index in [0.29, 0.717) is 18.3 Å². The van der Waals surface area contributed by atoms with Crippen LogP contribution in [0.5, 0.6) is 0 Å². The maximum atomic E-state index is 11.6. The van der Waals surface area contributed by atoms with Crippen LogP contribution < -0.4 is 10.5 Å². The van der Waals surface area contributed by atoms with Gasteiger partial charge in [0.15, 0.2) is 0 Å². The first-order valence-electron chi connectivity index (χ1n) is 7.41. The van der Waals surface area contributed by atoms with E-state index in [9.17, 15) is 9.59 Å². The summed E-state index contributed by atoms with van der Waals surface area (Å²) in [5, 5.41) is 12.9. The fourth-order valence-electron chi connectivity index (χ4n) is 2.95. The fraction of sp³-hybridized carbons (Fsp3) is 0.500. The number of aromatic nitrogens is 5. The molecule has 3 rings (SSSR count). The van der Waals surface area contributed by atoms with Gasteiger partial charge in [-0.3, -0.25) is 4.79 Å². The molecule has 1 saturated heterocycles. The maximum Gasteiger partial charge on any atom is 0.375 e. The van der Waals surface area contributed by atoms with Crippen LogP contribution in [0, 0.1) is 6.92 Å². The number of aromatic amines is 1. The van der Waals surface area contributed by atoms with E-state index in [1.165, 1.54) is 10.7 Å². The minimum Gasteiger partial charge on any atom is -0.475 e. The molecule has 0 amide bonds. The molecule has 0 bridgehead atoms. The van der Waals surface area contributed by atoms with Gasteiger partial charge >= 0.3 is 5.97 Å². The summed E-state index contributed by atoms with van der Waals surface area (Å²) in [6.45, 7) is 3.15. The molecule has 1 aliphatic heterocycles. The van der Waals surface area contributed by atoms with Crippen molar-refractivity contribution in [3.8, 4) is 0 Å². The van der Waals surface area contributed by atoms with Gasteiger partial charge in [-0.15, -0.1) is 5.10 Å². The third-order valence-electron chi connectivity index (χ3n) is 3.93. The van der Waals surface area contributed by atoms with Gasteiger partial charge in [0.25, 0.3) is 11.4 Å². The van der Waals surface area contributed by atoms with E-state index in [4.69, 9.17) is 5.11 Å². The highest BCUT2D eigenvalue weighted by atomic mass is 16.4. The Bertz CT molecular complexity index is 796. The van der Waals surface area contributed by atoms with Gasteiger partial charge in [-0.2, -0.15) is 4.98 Å². The van der Waals surface area contributed by atoms with Crippen LogP contribution in [0.1, 0.15) is 40.9 Å². The van der Waals surface area contributed by atoms with E-state index in [1.807, 2.05) is 4.90 Å².